The third-order valence-electron chi connectivity index (χ3n) is 3.75. The molecule has 21 heavy (non-hydrogen) atoms. The van der Waals surface area contributed by atoms with Crippen LogP contribution in [0, 0.1) is 6.92 Å². The van der Waals surface area contributed by atoms with E-state index >= 15 is 0 Å². The van der Waals surface area contributed by atoms with Crippen LogP contribution in [0.1, 0.15) is 41.9 Å². The number of benzene rings is 1. The van der Waals surface area contributed by atoms with E-state index in [-0.39, 0.29) is 6.04 Å². The van der Waals surface area contributed by atoms with Crippen LogP contribution in [0.2, 0.25) is 0 Å². The number of hydrogen-bond acceptors (Lipinski definition) is 4. The number of aromatic nitrogens is 2. The molecule has 0 aliphatic carbocycles. The predicted octanol–water partition coefficient (Wildman–Crippen LogP) is 2.81. The van der Waals surface area contributed by atoms with Gasteiger partial charge in [-0.3, -0.25) is 9.97 Å². The van der Waals surface area contributed by atoms with Crippen molar-refractivity contribution in [2.24, 2.45) is 0 Å². The second-order valence-corrected chi connectivity index (χ2v) is 5.40. The quantitative estimate of drug-likeness (QED) is 0.916. The molecule has 0 saturated heterocycles. The Kier molecular flexibility index (Phi) is 4.15. The molecule has 0 saturated carbocycles. The van der Waals surface area contributed by atoms with Crippen LogP contribution in [-0.4, -0.2) is 23.1 Å². The maximum absolute atomic E-state index is 5.85. The van der Waals surface area contributed by atoms with E-state index in [0.29, 0.717) is 0 Å². The fraction of sp³-hybridized carbons (Fsp3) is 0.412. The highest BCUT2D eigenvalue weighted by Crippen LogP contribution is 2.35. The molecule has 0 fully saturated rings. The molecule has 1 aromatic carbocycles. The lowest BCUT2D eigenvalue weighted by molar-refractivity contribution is 0.350. The van der Waals surface area contributed by atoms with Crippen molar-refractivity contribution in [2.75, 3.05) is 13.2 Å². The normalized spacial score (nSPS) is 14.6. The lowest BCUT2D eigenvalue weighted by Crippen LogP contribution is -2.24. The molecule has 1 aromatic heterocycles. The summed E-state index contributed by atoms with van der Waals surface area (Å²) in [5.41, 5.74) is 4.33. The first-order valence-corrected chi connectivity index (χ1v) is 7.56. The average Bonchev–Trinajstić information content (AvgIpc) is 2.98. The van der Waals surface area contributed by atoms with Gasteiger partial charge in [0.15, 0.2) is 0 Å². The van der Waals surface area contributed by atoms with Gasteiger partial charge in [-0.05, 0) is 25.5 Å². The van der Waals surface area contributed by atoms with Crippen molar-refractivity contribution in [2.45, 2.75) is 32.7 Å². The molecule has 110 valence electrons. The van der Waals surface area contributed by atoms with Gasteiger partial charge in [-0.1, -0.05) is 25.1 Å². The summed E-state index contributed by atoms with van der Waals surface area (Å²) in [6.45, 7) is 5.82. The minimum absolute atomic E-state index is 0.0334. The Morgan fingerprint density at radius 3 is 2.95 bits per heavy atom. The highest BCUT2D eigenvalue weighted by molar-refractivity contribution is 5.47. The first-order valence-electron chi connectivity index (χ1n) is 7.56. The predicted molar refractivity (Wildman–Crippen MR) is 82.5 cm³/mol. The van der Waals surface area contributed by atoms with Crippen LogP contribution in [0.15, 0.2) is 30.6 Å². The van der Waals surface area contributed by atoms with Crippen LogP contribution in [-0.2, 0) is 6.42 Å². The summed E-state index contributed by atoms with van der Waals surface area (Å²) in [5.74, 6) is 1.02. The Morgan fingerprint density at radius 1 is 1.29 bits per heavy atom. The van der Waals surface area contributed by atoms with Gasteiger partial charge < -0.3 is 10.1 Å². The summed E-state index contributed by atoms with van der Waals surface area (Å²) in [6, 6.07) is 6.40. The third kappa shape index (κ3) is 2.90. The molecule has 4 heteroatoms. The molecule has 1 aliphatic heterocycles. The summed E-state index contributed by atoms with van der Waals surface area (Å²) >= 11 is 0. The van der Waals surface area contributed by atoms with E-state index in [2.05, 4.69) is 40.4 Å². The van der Waals surface area contributed by atoms with Gasteiger partial charge >= 0.3 is 0 Å². The second kappa shape index (κ2) is 6.22. The zero-order chi connectivity index (χ0) is 14.7. The average molecular weight is 283 g/mol. The van der Waals surface area contributed by atoms with E-state index in [1.165, 1.54) is 5.56 Å². The van der Waals surface area contributed by atoms with Crippen molar-refractivity contribution < 1.29 is 4.74 Å². The van der Waals surface area contributed by atoms with Crippen molar-refractivity contribution in [1.29, 1.82) is 0 Å². The number of fused-ring (bicyclic) bond motifs is 1. The molecule has 4 nitrogen and oxygen atoms in total. The van der Waals surface area contributed by atoms with Crippen LogP contribution in [0.25, 0.3) is 0 Å². The first kappa shape index (κ1) is 14.0. The fourth-order valence-electron chi connectivity index (χ4n) is 2.68. The molecule has 0 amide bonds. The smallest absolute Gasteiger partial charge is 0.127 e. The monoisotopic (exact) mass is 283 g/mol. The molecule has 0 radical (unpaired) electrons. The van der Waals surface area contributed by atoms with Crippen molar-refractivity contribution in [3.63, 3.8) is 0 Å². The largest absolute Gasteiger partial charge is 0.493 e. The number of hydrogen-bond donors (Lipinski definition) is 1. The van der Waals surface area contributed by atoms with E-state index in [1.54, 1.807) is 0 Å². The van der Waals surface area contributed by atoms with E-state index in [1.807, 2.05) is 19.3 Å². The molecule has 1 aliphatic rings. The SMILES string of the molecule is CCCNC(c1cnc(C)cn1)c1cccc2c1OCC2. The summed E-state index contributed by atoms with van der Waals surface area (Å²) in [5, 5.41) is 3.57. The Morgan fingerprint density at radius 2 is 2.19 bits per heavy atom. The van der Waals surface area contributed by atoms with Crippen LogP contribution in [0.5, 0.6) is 5.75 Å². The maximum Gasteiger partial charge on any atom is 0.127 e. The van der Waals surface area contributed by atoms with Gasteiger partial charge in [0.1, 0.15) is 5.75 Å². The van der Waals surface area contributed by atoms with Gasteiger partial charge in [-0.15, -0.1) is 0 Å². The Bertz CT molecular complexity index is 610. The number of nitrogens with zero attached hydrogens (tertiary/aromatic N) is 2. The number of rotatable bonds is 5. The summed E-state index contributed by atoms with van der Waals surface area (Å²) < 4.78 is 5.85. The molecular weight excluding hydrogens is 262 g/mol. The lowest BCUT2D eigenvalue weighted by atomic mass is 9.99. The van der Waals surface area contributed by atoms with E-state index in [0.717, 1.165) is 48.7 Å². The minimum Gasteiger partial charge on any atom is -0.493 e. The maximum atomic E-state index is 5.85. The zero-order valence-electron chi connectivity index (χ0n) is 12.6. The Balaban J connectivity index is 1.99. The van der Waals surface area contributed by atoms with Gasteiger partial charge in [-0.25, -0.2) is 0 Å². The van der Waals surface area contributed by atoms with Gasteiger partial charge in [0.25, 0.3) is 0 Å². The van der Waals surface area contributed by atoms with Gasteiger partial charge in [0.05, 0.1) is 30.2 Å². The molecule has 2 heterocycles. The van der Waals surface area contributed by atoms with E-state index in [4.69, 9.17) is 4.74 Å². The molecule has 0 spiro atoms. The summed E-state index contributed by atoms with van der Waals surface area (Å²) in [4.78, 5) is 8.94. The zero-order valence-corrected chi connectivity index (χ0v) is 12.6. The minimum atomic E-state index is 0.0334. The van der Waals surface area contributed by atoms with Crippen LogP contribution < -0.4 is 10.1 Å². The molecule has 1 unspecified atom stereocenters. The summed E-state index contributed by atoms with van der Waals surface area (Å²) in [6.07, 6.45) is 5.74. The summed E-state index contributed by atoms with van der Waals surface area (Å²) in [7, 11) is 0. The first-order chi connectivity index (χ1) is 10.3. The number of nitrogens with one attached hydrogen (secondary N) is 1. The fourth-order valence-corrected chi connectivity index (χ4v) is 2.68. The highest BCUT2D eigenvalue weighted by Gasteiger charge is 2.24. The van der Waals surface area contributed by atoms with E-state index < -0.39 is 0 Å². The highest BCUT2D eigenvalue weighted by atomic mass is 16.5. The number of aryl methyl sites for hydroxylation is 1. The van der Waals surface area contributed by atoms with E-state index in [9.17, 15) is 0 Å². The van der Waals surface area contributed by atoms with Crippen molar-refractivity contribution in [3.05, 3.63) is 53.1 Å². The van der Waals surface area contributed by atoms with Gasteiger partial charge in [-0.2, -0.15) is 0 Å². The molecule has 2 aromatic rings. The Hall–Kier alpha value is -1.94. The third-order valence-corrected chi connectivity index (χ3v) is 3.75. The topological polar surface area (TPSA) is 47.0 Å². The molecule has 3 rings (SSSR count). The van der Waals surface area contributed by atoms with Crippen LogP contribution >= 0.6 is 0 Å². The number of para-hydroxylation sites is 1. The molecular formula is C17H21N3O. The molecule has 1 N–H and O–H groups in total. The standard InChI is InChI=1S/C17H21N3O/c1-3-8-18-16(15-11-19-12(2)10-20-15)14-6-4-5-13-7-9-21-17(13)14/h4-6,10-11,16,18H,3,7-9H2,1-2H3. The molecule has 0 bridgehead atoms. The molecule has 1 atom stereocenters. The Labute approximate surface area is 125 Å². The van der Waals surface area contributed by atoms with Gasteiger partial charge in [0.2, 0.25) is 0 Å². The van der Waals surface area contributed by atoms with Crippen LogP contribution in [0.4, 0.5) is 0 Å². The number of ether oxygens (including phenoxy) is 1. The van der Waals surface area contributed by atoms with Crippen molar-refractivity contribution >= 4 is 0 Å². The van der Waals surface area contributed by atoms with Crippen molar-refractivity contribution in [1.82, 2.24) is 15.3 Å². The van der Waals surface area contributed by atoms with Crippen molar-refractivity contribution in [3.8, 4) is 5.75 Å². The lowest BCUT2D eigenvalue weighted by Gasteiger charge is -2.20. The van der Waals surface area contributed by atoms with Crippen LogP contribution in [0.3, 0.4) is 0 Å². The van der Waals surface area contributed by atoms with Gasteiger partial charge in [0, 0.05) is 18.2 Å². The second-order valence-electron chi connectivity index (χ2n) is 5.40.